The first kappa shape index (κ1) is 15.7. The van der Waals surface area contributed by atoms with Gasteiger partial charge in [0.2, 0.25) is 0 Å². The standard InChI is InChI=1S/C9H11ClNO4PS2/c1-14-9(12)6-11-16(13,18-17)15-8-4-2-7(10)3-5-8/h2-5,17H,6H2,1H3,(H,11,13). The molecule has 1 aromatic carbocycles. The number of ether oxygens (including phenoxy) is 1. The molecule has 1 N–H and O–H groups in total. The Morgan fingerprint density at radius 3 is 2.61 bits per heavy atom. The van der Waals surface area contributed by atoms with Gasteiger partial charge >= 0.3 is 12.7 Å². The predicted octanol–water partition coefficient (Wildman–Crippen LogP) is 3.17. The highest BCUT2D eigenvalue weighted by Crippen LogP contribution is 2.57. The number of carbonyl (C=O) groups excluding carboxylic acids is 1. The summed E-state index contributed by atoms with van der Waals surface area (Å²) >= 11 is 9.59. The Balaban J connectivity index is 2.67. The quantitative estimate of drug-likeness (QED) is 0.362. The van der Waals surface area contributed by atoms with Crippen molar-refractivity contribution in [3.63, 3.8) is 0 Å². The van der Waals surface area contributed by atoms with Gasteiger partial charge in [-0.3, -0.25) is 4.79 Å². The first-order valence-corrected chi connectivity index (χ1v) is 9.17. The van der Waals surface area contributed by atoms with Crippen LogP contribution in [0.4, 0.5) is 0 Å². The third-order valence-electron chi connectivity index (χ3n) is 1.79. The lowest BCUT2D eigenvalue weighted by Gasteiger charge is -2.16. The Hall–Kier alpha value is -0.330. The maximum Gasteiger partial charge on any atom is 0.385 e. The van der Waals surface area contributed by atoms with Crippen LogP contribution in [-0.2, 0) is 14.1 Å². The zero-order chi connectivity index (χ0) is 13.6. The highest BCUT2D eigenvalue weighted by molar-refractivity contribution is 8.94. The summed E-state index contributed by atoms with van der Waals surface area (Å²) in [5.41, 5.74) is 0. The number of hydrogen-bond acceptors (Lipinski definition) is 6. The van der Waals surface area contributed by atoms with Crippen molar-refractivity contribution in [1.29, 1.82) is 0 Å². The average Bonchev–Trinajstić information content (AvgIpc) is 2.39. The molecule has 0 heterocycles. The van der Waals surface area contributed by atoms with Crippen LogP contribution in [0.25, 0.3) is 0 Å². The summed E-state index contributed by atoms with van der Waals surface area (Å²) in [6.07, 6.45) is 0. The molecule has 1 unspecified atom stereocenters. The Bertz CT molecular complexity index is 456. The summed E-state index contributed by atoms with van der Waals surface area (Å²) in [5, 5.41) is 3.01. The minimum atomic E-state index is -3.32. The summed E-state index contributed by atoms with van der Waals surface area (Å²) in [5.74, 6) is -0.182. The first-order chi connectivity index (χ1) is 8.49. The normalized spacial score (nSPS) is 13.7. The van der Waals surface area contributed by atoms with Crippen molar-refractivity contribution in [3.05, 3.63) is 29.3 Å². The molecular weight excluding hydrogens is 317 g/mol. The number of carbonyl (C=O) groups is 1. The average molecular weight is 328 g/mol. The number of benzene rings is 1. The summed E-state index contributed by atoms with van der Waals surface area (Å²) in [6.45, 7) is -3.54. The van der Waals surface area contributed by atoms with E-state index in [4.69, 9.17) is 16.1 Å². The Labute approximate surface area is 119 Å². The maximum atomic E-state index is 12.2. The van der Waals surface area contributed by atoms with Crippen molar-refractivity contribution >= 4 is 46.4 Å². The number of hydrogen-bond donors (Lipinski definition) is 2. The molecule has 100 valence electrons. The van der Waals surface area contributed by atoms with E-state index in [1.165, 1.54) is 7.11 Å². The molecule has 0 spiro atoms. The molecule has 0 saturated carbocycles. The second-order valence-corrected chi connectivity index (χ2v) is 8.53. The third-order valence-corrected chi connectivity index (χ3v) is 6.45. The SMILES string of the molecule is COC(=O)CNP(=O)(Oc1ccc(Cl)cc1)SS. The molecule has 0 aliphatic carbocycles. The summed E-state index contributed by atoms with van der Waals surface area (Å²) < 4.78 is 21.9. The molecule has 1 rings (SSSR count). The van der Waals surface area contributed by atoms with Crippen molar-refractivity contribution in [3.8, 4) is 5.75 Å². The largest absolute Gasteiger partial charge is 0.468 e. The molecule has 0 bridgehead atoms. The van der Waals surface area contributed by atoms with E-state index >= 15 is 0 Å². The van der Waals surface area contributed by atoms with Gasteiger partial charge in [0.15, 0.2) is 0 Å². The van der Waals surface area contributed by atoms with E-state index in [-0.39, 0.29) is 6.54 Å². The van der Waals surface area contributed by atoms with Crippen LogP contribution in [0.2, 0.25) is 5.02 Å². The van der Waals surface area contributed by atoms with Crippen molar-refractivity contribution < 1.29 is 18.6 Å². The number of thiol groups is 1. The lowest BCUT2D eigenvalue weighted by Crippen LogP contribution is -2.22. The zero-order valence-corrected chi connectivity index (χ0v) is 12.7. The van der Waals surface area contributed by atoms with Gasteiger partial charge in [0.1, 0.15) is 12.3 Å². The van der Waals surface area contributed by atoms with E-state index in [0.717, 1.165) is 0 Å². The Morgan fingerprint density at radius 1 is 1.50 bits per heavy atom. The smallest absolute Gasteiger partial charge is 0.385 e. The van der Waals surface area contributed by atoms with Crippen LogP contribution < -0.4 is 9.61 Å². The van der Waals surface area contributed by atoms with Crippen LogP contribution in [0.5, 0.6) is 5.75 Å². The van der Waals surface area contributed by atoms with E-state index in [1.54, 1.807) is 24.3 Å². The number of esters is 1. The Kier molecular flexibility index (Phi) is 6.38. The number of halogens is 1. The van der Waals surface area contributed by atoms with Crippen LogP contribution >= 0.6 is 40.4 Å². The van der Waals surface area contributed by atoms with Crippen LogP contribution in [0, 0.1) is 0 Å². The molecule has 1 atom stereocenters. The number of methoxy groups -OCH3 is 1. The van der Waals surface area contributed by atoms with Gasteiger partial charge in [-0.15, -0.1) is 0 Å². The van der Waals surface area contributed by atoms with Gasteiger partial charge < -0.3 is 9.26 Å². The fraction of sp³-hybridized carbons (Fsp3) is 0.222. The van der Waals surface area contributed by atoms with E-state index in [1.807, 2.05) is 0 Å². The van der Waals surface area contributed by atoms with Gasteiger partial charge in [-0.2, -0.15) is 0 Å². The zero-order valence-electron chi connectivity index (χ0n) is 9.33. The minimum Gasteiger partial charge on any atom is -0.468 e. The molecule has 1 aromatic rings. The molecule has 0 amide bonds. The van der Waals surface area contributed by atoms with Gasteiger partial charge in [-0.1, -0.05) is 23.3 Å². The number of rotatable bonds is 6. The van der Waals surface area contributed by atoms with Gasteiger partial charge in [0.05, 0.1) is 7.11 Å². The third kappa shape index (κ3) is 5.12. The van der Waals surface area contributed by atoms with Crippen LogP contribution in [-0.4, -0.2) is 19.6 Å². The molecule has 0 saturated heterocycles. The van der Waals surface area contributed by atoms with Crippen molar-refractivity contribution in [2.45, 2.75) is 0 Å². The van der Waals surface area contributed by atoms with E-state index in [9.17, 15) is 9.36 Å². The van der Waals surface area contributed by atoms with Gasteiger partial charge in [0.25, 0.3) is 0 Å². The van der Waals surface area contributed by atoms with Crippen molar-refractivity contribution in [1.82, 2.24) is 5.09 Å². The first-order valence-electron chi connectivity index (χ1n) is 4.69. The minimum absolute atomic E-state index is 0.227. The van der Waals surface area contributed by atoms with Crippen LogP contribution in [0.15, 0.2) is 24.3 Å². The fourth-order valence-corrected chi connectivity index (χ4v) is 3.49. The topological polar surface area (TPSA) is 64.6 Å². The van der Waals surface area contributed by atoms with Crippen LogP contribution in [0.1, 0.15) is 0 Å². The van der Waals surface area contributed by atoms with E-state index < -0.39 is 12.7 Å². The molecular formula is C9H11ClNO4PS2. The van der Waals surface area contributed by atoms with Gasteiger partial charge in [-0.05, 0) is 24.3 Å². The second kappa shape index (κ2) is 7.31. The number of nitrogens with one attached hydrogen (secondary N) is 1. The lowest BCUT2D eigenvalue weighted by molar-refractivity contribution is -0.139. The van der Waals surface area contributed by atoms with Crippen molar-refractivity contribution in [2.24, 2.45) is 0 Å². The maximum absolute atomic E-state index is 12.2. The summed E-state index contributed by atoms with van der Waals surface area (Å²) in [6, 6.07) is 6.34. The summed E-state index contributed by atoms with van der Waals surface area (Å²) in [4.78, 5) is 11.0. The highest BCUT2D eigenvalue weighted by atomic mass is 35.5. The van der Waals surface area contributed by atoms with Gasteiger partial charge in [0, 0.05) is 15.4 Å². The second-order valence-electron chi connectivity index (χ2n) is 3.04. The molecule has 0 radical (unpaired) electrons. The molecule has 0 aliphatic rings. The van der Waals surface area contributed by atoms with E-state index in [2.05, 4.69) is 21.5 Å². The molecule has 0 aromatic heterocycles. The van der Waals surface area contributed by atoms with Crippen molar-refractivity contribution in [2.75, 3.05) is 13.7 Å². The lowest BCUT2D eigenvalue weighted by atomic mass is 10.3. The molecule has 5 nitrogen and oxygen atoms in total. The molecule has 0 aliphatic heterocycles. The molecule has 0 fully saturated rings. The Morgan fingerprint density at radius 2 is 2.11 bits per heavy atom. The monoisotopic (exact) mass is 327 g/mol. The molecule has 18 heavy (non-hydrogen) atoms. The van der Waals surface area contributed by atoms with Gasteiger partial charge in [-0.25, -0.2) is 9.65 Å². The summed E-state index contributed by atoms with van der Waals surface area (Å²) in [7, 11) is 1.94. The molecule has 9 heteroatoms. The highest BCUT2D eigenvalue weighted by Gasteiger charge is 2.25. The van der Waals surface area contributed by atoms with E-state index in [0.29, 0.717) is 21.2 Å². The predicted molar refractivity (Wildman–Crippen MR) is 76.3 cm³/mol. The fourth-order valence-electron chi connectivity index (χ4n) is 0.946. The van der Waals surface area contributed by atoms with Crippen LogP contribution in [0.3, 0.4) is 0 Å².